The van der Waals surface area contributed by atoms with Crippen LogP contribution < -0.4 is 5.32 Å². The number of amides is 1. The van der Waals surface area contributed by atoms with Crippen LogP contribution in [0, 0.1) is 11.2 Å². The first-order chi connectivity index (χ1) is 12.2. The van der Waals surface area contributed by atoms with Gasteiger partial charge in [-0.3, -0.25) is 9.89 Å². The van der Waals surface area contributed by atoms with Gasteiger partial charge in [-0.05, 0) is 43.7 Å². The van der Waals surface area contributed by atoms with Gasteiger partial charge in [0.15, 0.2) is 5.82 Å². The molecule has 0 radical (unpaired) electrons. The predicted octanol–water partition coefficient (Wildman–Crippen LogP) is 4.56. The lowest BCUT2D eigenvalue weighted by Gasteiger charge is -2.19. The number of benzene rings is 1. The number of rotatable bonds is 5. The molecule has 1 heterocycles. The summed E-state index contributed by atoms with van der Waals surface area (Å²) in [6.45, 7) is 0. The molecule has 0 unspecified atom stereocenters. The molecule has 2 aliphatic rings. The Morgan fingerprint density at radius 3 is 2.72 bits per heavy atom. The van der Waals surface area contributed by atoms with Crippen LogP contribution in [-0.4, -0.2) is 16.1 Å². The second-order valence-corrected chi connectivity index (χ2v) is 7.55. The number of H-pyrrole nitrogens is 1. The summed E-state index contributed by atoms with van der Waals surface area (Å²) in [5, 5.41) is 10.3. The Labute approximate surface area is 147 Å². The summed E-state index contributed by atoms with van der Waals surface area (Å²) in [6.07, 6.45) is 8.26. The smallest absolute Gasteiger partial charge is 0.232 e. The van der Waals surface area contributed by atoms with Crippen LogP contribution in [0.25, 0.3) is 0 Å². The second-order valence-electron chi connectivity index (χ2n) is 7.55. The zero-order valence-electron chi connectivity index (χ0n) is 14.4. The van der Waals surface area contributed by atoms with Crippen molar-refractivity contribution in [3.63, 3.8) is 0 Å². The number of carbonyl (C=O) groups is 1. The summed E-state index contributed by atoms with van der Waals surface area (Å²) >= 11 is 0. The molecule has 25 heavy (non-hydrogen) atoms. The minimum absolute atomic E-state index is 0.0440. The summed E-state index contributed by atoms with van der Waals surface area (Å²) in [6, 6.07) is 8.67. The molecule has 1 aromatic carbocycles. The first-order valence-corrected chi connectivity index (χ1v) is 9.26. The van der Waals surface area contributed by atoms with Crippen molar-refractivity contribution in [2.75, 3.05) is 5.32 Å². The second kappa shape index (κ2) is 6.62. The third-order valence-electron chi connectivity index (χ3n) is 5.71. The quantitative estimate of drug-likeness (QED) is 0.838. The molecule has 2 saturated carbocycles. The lowest BCUT2D eigenvalue weighted by molar-refractivity contribution is -0.121. The molecule has 0 aliphatic heterocycles. The Bertz CT molecular complexity index is 760. The number of anilines is 1. The van der Waals surface area contributed by atoms with E-state index >= 15 is 0 Å². The Kier molecular flexibility index (Phi) is 4.32. The van der Waals surface area contributed by atoms with E-state index in [4.69, 9.17) is 0 Å². The number of halogens is 1. The summed E-state index contributed by atoms with van der Waals surface area (Å²) in [7, 11) is 0. The average molecular weight is 341 g/mol. The number of carbonyl (C=O) groups excluding carboxylic acids is 1. The van der Waals surface area contributed by atoms with Crippen molar-refractivity contribution in [3.8, 4) is 0 Å². The van der Waals surface area contributed by atoms with Crippen molar-refractivity contribution in [3.05, 3.63) is 47.4 Å². The van der Waals surface area contributed by atoms with E-state index in [1.807, 2.05) is 12.1 Å². The van der Waals surface area contributed by atoms with Crippen LogP contribution in [0.1, 0.15) is 62.1 Å². The lowest BCUT2D eigenvalue weighted by atomic mass is 9.87. The van der Waals surface area contributed by atoms with E-state index in [-0.39, 0.29) is 11.7 Å². The standard InChI is InChI=1S/C20H24FN3O/c21-16-9-5-4-8-15(16)13-20(10-11-20)19(25)22-18-12-17(23-24-18)14-6-2-1-3-7-14/h4-5,8-9,12,14H,1-3,6-7,10-11,13H2,(H2,22,23,24,25). The summed E-state index contributed by atoms with van der Waals surface area (Å²) in [5.74, 6) is 0.837. The van der Waals surface area contributed by atoms with E-state index in [2.05, 4.69) is 15.5 Å². The molecule has 4 rings (SSSR count). The number of aromatic nitrogens is 2. The highest BCUT2D eigenvalue weighted by Crippen LogP contribution is 2.49. The number of nitrogens with zero attached hydrogens (tertiary/aromatic N) is 1. The first kappa shape index (κ1) is 16.3. The third-order valence-corrected chi connectivity index (χ3v) is 5.71. The van der Waals surface area contributed by atoms with Crippen LogP contribution in [0.2, 0.25) is 0 Å². The van der Waals surface area contributed by atoms with Gasteiger partial charge in [0.25, 0.3) is 0 Å². The largest absolute Gasteiger partial charge is 0.309 e. The van der Waals surface area contributed by atoms with Crippen LogP contribution >= 0.6 is 0 Å². The molecule has 5 heteroatoms. The van der Waals surface area contributed by atoms with Gasteiger partial charge in [0.1, 0.15) is 5.82 Å². The summed E-state index contributed by atoms with van der Waals surface area (Å²) in [5.41, 5.74) is 1.25. The van der Waals surface area contributed by atoms with Gasteiger partial charge in [-0.15, -0.1) is 0 Å². The van der Waals surface area contributed by atoms with Gasteiger partial charge in [0.05, 0.1) is 5.41 Å². The molecular formula is C20H24FN3O. The number of hydrogen-bond donors (Lipinski definition) is 2. The Hall–Kier alpha value is -2.17. The molecule has 0 spiro atoms. The Morgan fingerprint density at radius 1 is 1.24 bits per heavy atom. The maximum Gasteiger partial charge on any atom is 0.232 e. The zero-order chi connectivity index (χ0) is 17.3. The van der Waals surface area contributed by atoms with E-state index in [0.717, 1.165) is 18.5 Å². The van der Waals surface area contributed by atoms with Crippen LogP contribution in [0.5, 0.6) is 0 Å². The van der Waals surface area contributed by atoms with E-state index in [0.29, 0.717) is 23.7 Å². The number of hydrogen-bond acceptors (Lipinski definition) is 2. The van der Waals surface area contributed by atoms with Crippen LogP contribution in [0.15, 0.2) is 30.3 Å². The fourth-order valence-electron chi connectivity index (χ4n) is 3.91. The fraction of sp³-hybridized carbons (Fsp3) is 0.500. The molecule has 132 valence electrons. The molecule has 2 fully saturated rings. The number of nitrogens with one attached hydrogen (secondary N) is 2. The molecule has 1 amide bonds. The molecule has 2 aromatic rings. The van der Waals surface area contributed by atoms with Gasteiger partial charge in [-0.25, -0.2) is 4.39 Å². The van der Waals surface area contributed by atoms with Gasteiger partial charge in [0.2, 0.25) is 5.91 Å². The zero-order valence-corrected chi connectivity index (χ0v) is 14.4. The maximum atomic E-state index is 13.9. The molecule has 0 atom stereocenters. The molecule has 2 aliphatic carbocycles. The van der Waals surface area contributed by atoms with Crippen LogP contribution in [0.3, 0.4) is 0 Å². The maximum absolute atomic E-state index is 13.9. The minimum atomic E-state index is -0.480. The van der Waals surface area contributed by atoms with Crippen molar-refractivity contribution in [2.24, 2.45) is 5.41 Å². The Morgan fingerprint density at radius 2 is 2.00 bits per heavy atom. The summed E-state index contributed by atoms with van der Waals surface area (Å²) in [4.78, 5) is 12.7. The predicted molar refractivity (Wildman–Crippen MR) is 94.8 cm³/mol. The van der Waals surface area contributed by atoms with E-state index in [9.17, 15) is 9.18 Å². The van der Waals surface area contributed by atoms with E-state index in [1.54, 1.807) is 12.1 Å². The van der Waals surface area contributed by atoms with Crippen molar-refractivity contribution in [1.29, 1.82) is 0 Å². The van der Waals surface area contributed by atoms with Crippen molar-refractivity contribution < 1.29 is 9.18 Å². The molecule has 0 bridgehead atoms. The topological polar surface area (TPSA) is 57.8 Å². The van der Waals surface area contributed by atoms with Crippen molar-refractivity contribution in [1.82, 2.24) is 10.2 Å². The van der Waals surface area contributed by atoms with Gasteiger partial charge in [-0.1, -0.05) is 37.5 Å². The van der Waals surface area contributed by atoms with Crippen molar-refractivity contribution in [2.45, 2.75) is 57.3 Å². The van der Waals surface area contributed by atoms with Crippen molar-refractivity contribution >= 4 is 11.7 Å². The third kappa shape index (κ3) is 3.46. The summed E-state index contributed by atoms with van der Waals surface area (Å²) < 4.78 is 13.9. The van der Waals surface area contributed by atoms with Crippen LogP contribution in [-0.2, 0) is 11.2 Å². The Balaban J connectivity index is 1.42. The monoisotopic (exact) mass is 341 g/mol. The SMILES string of the molecule is O=C(Nc1cc(C2CCCCC2)[nH]n1)C1(Cc2ccccc2F)CC1. The highest BCUT2D eigenvalue weighted by molar-refractivity contribution is 5.96. The lowest BCUT2D eigenvalue weighted by Crippen LogP contribution is -2.26. The van der Waals surface area contributed by atoms with Gasteiger partial charge >= 0.3 is 0 Å². The number of aromatic amines is 1. The molecule has 2 N–H and O–H groups in total. The van der Waals surface area contributed by atoms with Gasteiger partial charge in [-0.2, -0.15) is 5.10 Å². The fourth-order valence-corrected chi connectivity index (χ4v) is 3.91. The molecule has 1 aromatic heterocycles. The first-order valence-electron chi connectivity index (χ1n) is 9.26. The van der Waals surface area contributed by atoms with E-state index in [1.165, 1.54) is 38.2 Å². The van der Waals surface area contributed by atoms with E-state index < -0.39 is 5.41 Å². The molecule has 4 nitrogen and oxygen atoms in total. The minimum Gasteiger partial charge on any atom is -0.309 e. The molecular weight excluding hydrogens is 317 g/mol. The van der Waals surface area contributed by atoms with Crippen LogP contribution in [0.4, 0.5) is 10.2 Å². The van der Waals surface area contributed by atoms with Gasteiger partial charge in [0, 0.05) is 17.7 Å². The molecule has 0 saturated heterocycles. The highest BCUT2D eigenvalue weighted by Gasteiger charge is 2.50. The van der Waals surface area contributed by atoms with Gasteiger partial charge < -0.3 is 5.32 Å². The highest BCUT2D eigenvalue weighted by atomic mass is 19.1. The normalized spacial score (nSPS) is 19.6. The average Bonchev–Trinajstić information content (AvgIpc) is 3.28.